The second-order valence-electron chi connectivity index (χ2n) is 15.8. The highest BCUT2D eigenvalue weighted by atomic mass is 16.8. The minimum atomic E-state index is -1.42. The fourth-order valence-corrected chi connectivity index (χ4v) is 8.04. The maximum absolute atomic E-state index is 11.5. The van der Waals surface area contributed by atoms with Gasteiger partial charge in [-0.1, -0.05) is 152 Å². The summed E-state index contributed by atoms with van der Waals surface area (Å²) in [6, 6.07) is 48.4. The first-order valence-electron chi connectivity index (χ1n) is 21.5. The average Bonchev–Trinajstić information content (AvgIpc) is 3.97. The van der Waals surface area contributed by atoms with Crippen molar-refractivity contribution >= 4 is 0 Å². The van der Waals surface area contributed by atoms with E-state index in [0.29, 0.717) is 0 Å². The van der Waals surface area contributed by atoms with Crippen LogP contribution >= 0.6 is 0 Å². The third kappa shape index (κ3) is 12.0. The van der Waals surface area contributed by atoms with E-state index in [1.807, 2.05) is 152 Å². The summed E-state index contributed by atoms with van der Waals surface area (Å²) in [5.41, 5.74) is 4.64. The number of aliphatic hydroxyl groups is 3. The van der Waals surface area contributed by atoms with Gasteiger partial charge in [0.05, 0.1) is 52.9 Å². The monoisotopic (exact) mass is 864 g/mol. The summed E-state index contributed by atoms with van der Waals surface area (Å²) < 4.78 is 64.4. The van der Waals surface area contributed by atoms with Gasteiger partial charge >= 0.3 is 0 Å². The lowest BCUT2D eigenvalue weighted by molar-refractivity contribution is -0.238. The van der Waals surface area contributed by atoms with Crippen LogP contribution < -0.4 is 0 Å². The lowest BCUT2D eigenvalue weighted by atomic mass is 10.1. The van der Waals surface area contributed by atoms with E-state index in [9.17, 15) is 15.3 Å². The smallest absolute Gasteiger partial charge is 0.187 e. The molecule has 0 aliphatic carbocycles. The predicted octanol–water partition coefficient (Wildman–Crippen LogP) is 5.47. The Balaban J connectivity index is 1.03. The maximum Gasteiger partial charge on any atom is 0.187 e. The highest BCUT2D eigenvalue weighted by molar-refractivity contribution is 5.17. The summed E-state index contributed by atoms with van der Waals surface area (Å²) in [5.74, 6) is 0. The molecule has 0 unspecified atom stereocenters. The minimum absolute atomic E-state index is 0.147. The van der Waals surface area contributed by atoms with Crippen LogP contribution in [0.25, 0.3) is 0 Å². The van der Waals surface area contributed by atoms with E-state index in [2.05, 4.69) is 0 Å². The van der Waals surface area contributed by atoms with Crippen LogP contribution in [0.2, 0.25) is 0 Å². The average molecular weight is 865 g/mol. The van der Waals surface area contributed by atoms with Crippen LogP contribution in [0.15, 0.2) is 152 Å². The summed E-state index contributed by atoms with van der Waals surface area (Å²) in [7, 11) is 0. The Kier molecular flexibility index (Phi) is 16.5. The first kappa shape index (κ1) is 45.2. The largest absolute Gasteiger partial charge is 0.394 e. The van der Waals surface area contributed by atoms with Crippen LogP contribution in [0.5, 0.6) is 0 Å². The van der Waals surface area contributed by atoms with Crippen LogP contribution in [0.3, 0.4) is 0 Å². The molecule has 334 valence electrons. The van der Waals surface area contributed by atoms with E-state index in [4.69, 9.17) is 47.4 Å². The van der Waals surface area contributed by atoms with Gasteiger partial charge in [0.2, 0.25) is 0 Å². The topological polar surface area (TPSA) is 153 Å². The lowest BCUT2D eigenvalue weighted by Gasteiger charge is -2.30. The van der Waals surface area contributed by atoms with Crippen molar-refractivity contribution in [2.24, 2.45) is 0 Å². The van der Waals surface area contributed by atoms with Crippen LogP contribution in [-0.2, 0) is 80.4 Å². The van der Waals surface area contributed by atoms with Crippen LogP contribution in [0, 0.1) is 0 Å². The first-order chi connectivity index (χ1) is 31.1. The van der Waals surface area contributed by atoms with Crippen molar-refractivity contribution in [2.75, 3.05) is 19.8 Å². The van der Waals surface area contributed by atoms with Gasteiger partial charge < -0.3 is 62.7 Å². The van der Waals surface area contributed by atoms with Gasteiger partial charge in [-0.25, -0.2) is 0 Å². The zero-order valence-corrected chi connectivity index (χ0v) is 34.9. The van der Waals surface area contributed by atoms with Gasteiger partial charge in [-0.05, 0) is 27.8 Å². The molecule has 3 fully saturated rings. The van der Waals surface area contributed by atoms with Gasteiger partial charge in [-0.2, -0.15) is 0 Å². The highest BCUT2D eigenvalue weighted by Gasteiger charge is 2.54. The van der Waals surface area contributed by atoms with E-state index < -0.39 is 73.8 Å². The Morgan fingerprint density at radius 3 is 1.06 bits per heavy atom. The molecule has 0 radical (unpaired) electrons. The molecule has 13 nitrogen and oxygen atoms in total. The minimum Gasteiger partial charge on any atom is -0.394 e. The summed E-state index contributed by atoms with van der Waals surface area (Å²) in [5, 5.41) is 32.6. The van der Waals surface area contributed by atoms with Gasteiger partial charge in [-0.3, -0.25) is 0 Å². The summed E-state index contributed by atoms with van der Waals surface area (Å²) in [6.07, 6.45) is -11.0. The van der Waals surface area contributed by atoms with Crippen molar-refractivity contribution in [1.82, 2.24) is 0 Å². The van der Waals surface area contributed by atoms with Gasteiger partial charge in [0, 0.05) is 0 Å². The molecule has 63 heavy (non-hydrogen) atoms. The second-order valence-corrected chi connectivity index (χ2v) is 15.8. The van der Waals surface area contributed by atoms with E-state index in [1.165, 1.54) is 0 Å². The lowest BCUT2D eigenvalue weighted by Crippen LogP contribution is -2.46. The molecule has 5 aromatic rings. The van der Waals surface area contributed by atoms with Crippen molar-refractivity contribution in [1.29, 1.82) is 0 Å². The number of hydrogen-bond acceptors (Lipinski definition) is 13. The second kappa shape index (κ2) is 23.0. The fourth-order valence-electron chi connectivity index (χ4n) is 8.04. The molecule has 13 heteroatoms. The third-order valence-corrected chi connectivity index (χ3v) is 11.3. The van der Waals surface area contributed by atoms with E-state index in [0.717, 1.165) is 27.8 Å². The van der Waals surface area contributed by atoms with Crippen molar-refractivity contribution in [3.63, 3.8) is 0 Å². The molecule has 0 saturated carbocycles. The number of hydrogen-bond donors (Lipinski definition) is 3. The molecule has 0 spiro atoms. The van der Waals surface area contributed by atoms with Crippen LogP contribution in [0.1, 0.15) is 27.8 Å². The predicted molar refractivity (Wildman–Crippen MR) is 228 cm³/mol. The number of benzene rings is 5. The zero-order chi connectivity index (χ0) is 43.2. The molecule has 3 aliphatic rings. The number of aliphatic hydroxyl groups excluding tert-OH is 3. The molecule has 0 bridgehead atoms. The number of rotatable bonds is 22. The molecule has 0 aromatic heterocycles. The van der Waals surface area contributed by atoms with Crippen molar-refractivity contribution in [2.45, 2.75) is 107 Å². The molecule has 12 atom stereocenters. The highest BCUT2D eigenvalue weighted by Crippen LogP contribution is 2.36. The van der Waals surface area contributed by atoms with Gasteiger partial charge in [0.1, 0.15) is 54.9 Å². The van der Waals surface area contributed by atoms with Crippen LogP contribution in [-0.4, -0.2) is 109 Å². The summed E-state index contributed by atoms with van der Waals surface area (Å²) in [4.78, 5) is 0. The summed E-state index contributed by atoms with van der Waals surface area (Å²) >= 11 is 0. The fraction of sp³-hybridized carbons (Fsp3) is 0.400. The van der Waals surface area contributed by atoms with Crippen LogP contribution in [0.4, 0.5) is 0 Å². The normalized spacial score (nSPS) is 29.3. The van der Waals surface area contributed by atoms with E-state index in [1.54, 1.807) is 0 Å². The Hall–Kier alpha value is -4.42. The molecule has 3 saturated heterocycles. The Labute approximate surface area is 367 Å². The zero-order valence-electron chi connectivity index (χ0n) is 34.9. The SMILES string of the molecule is OC[C@H]1O[C@H](OC[C@H]2O[C@H](O)[C@@H](OCc3ccccc3)[C@@H]2O[C@H]2O[C@H](CO)[C@@H](OCc3ccccc3)[C@@H]2OCc2ccccc2)[C@@H](OCc2ccccc2)[C@@H]1OCc1ccccc1. The van der Waals surface area contributed by atoms with Gasteiger partial charge in [0.25, 0.3) is 0 Å². The molecule has 0 amide bonds. The molecule has 8 rings (SSSR count). The molecule has 3 heterocycles. The Morgan fingerprint density at radius 2 is 0.683 bits per heavy atom. The quantitative estimate of drug-likeness (QED) is 0.0808. The third-order valence-electron chi connectivity index (χ3n) is 11.3. The van der Waals surface area contributed by atoms with Crippen molar-refractivity contribution in [3.8, 4) is 0 Å². The molecular weight excluding hydrogens is 809 g/mol. The van der Waals surface area contributed by atoms with E-state index >= 15 is 0 Å². The van der Waals surface area contributed by atoms with Gasteiger partial charge in [-0.15, -0.1) is 0 Å². The first-order valence-corrected chi connectivity index (χ1v) is 21.5. The Bertz CT molecular complexity index is 2030. The summed E-state index contributed by atoms with van der Waals surface area (Å²) in [6.45, 7) is 0.258. The molecular formula is C50H56O13. The van der Waals surface area contributed by atoms with Crippen molar-refractivity contribution < 1.29 is 62.7 Å². The Morgan fingerprint density at radius 1 is 0.349 bits per heavy atom. The van der Waals surface area contributed by atoms with Crippen molar-refractivity contribution in [3.05, 3.63) is 179 Å². The molecule has 5 aromatic carbocycles. The van der Waals surface area contributed by atoms with E-state index in [-0.39, 0.29) is 52.9 Å². The standard InChI is InChI=1S/C50H56O13/c51-26-39-42(54-28-34-16-6-1-7-17-34)46(57-31-37-22-12-4-13-23-37)49(61-39)59-33-41-44(45(48(53)60-41)56-30-36-20-10-3-11-21-36)63-50-47(58-32-38-24-14-5-15-25-38)43(40(27-52)62-50)55-29-35-18-8-2-9-19-35/h1-25,39-53H,26-33H2/t39-,40-,41-,42-,43-,44-,45+,46+,47+,48+,49+,50-/m1/s1. The maximum atomic E-state index is 11.5. The molecule has 3 N–H and O–H groups in total. The molecule has 3 aliphatic heterocycles. The number of ether oxygens (including phenoxy) is 10. The van der Waals surface area contributed by atoms with Gasteiger partial charge in [0.15, 0.2) is 18.9 Å².